The molecule has 20 heavy (non-hydrogen) atoms. The van der Waals surface area contributed by atoms with Crippen LogP contribution in [-0.4, -0.2) is 17.6 Å². The zero-order valence-electron chi connectivity index (χ0n) is 13.5. The maximum Gasteiger partial charge on any atom is 0.128 e. The van der Waals surface area contributed by atoms with Gasteiger partial charge in [-0.05, 0) is 44.9 Å². The van der Waals surface area contributed by atoms with E-state index in [4.69, 9.17) is 10.5 Å². The van der Waals surface area contributed by atoms with Gasteiger partial charge in [0, 0.05) is 35.0 Å². The van der Waals surface area contributed by atoms with Gasteiger partial charge < -0.3 is 10.5 Å². The summed E-state index contributed by atoms with van der Waals surface area (Å²) in [6, 6.07) is 0. The Kier molecular flexibility index (Phi) is 4.38. The number of rotatable bonds is 3. The van der Waals surface area contributed by atoms with E-state index in [9.17, 15) is 0 Å². The summed E-state index contributed by atoms with van der Waals surface area (Å²) in [4.78, 5) is 4.62. The summed E-state index contributed by atoms with van der Waals surface area (Å²) in [5.74, 6) is 2.36. The normalized spacial score (nSPS) is 30.3. The van der Waals surface area contributed by atoms with Crippen molar-refractivity contribution in [2.45, 2.75) is 58.9 Å². The van der Waals surface area contributed by atoms with Crippen LogP contribution < -0.4 is 10.5 Å². The first kappa shape index (κ1) is 15.3. The zero-order chi connectivity index (χ0) is 14.9. The van der Waals surface area contributed by atoms with E-state index in [-0.39, 0.29) is 5.54 Å². The molecule has 0 spiro atoms. The molecule has 0 radical (unpaired) electrons. The van der Waals surface area contributed by atoms with Gasteiger partial charge in [-0.2, -0.15) is 0 Å². The molecule has 0 saturated heterocycles. The van der Waals surface area contributed by atoms with E-state index in [2.05, 4.69) is 25.8 Å². The Balaban J connectivity index is 2.25. The van der Waals surface area contributed by atoms with Crippen LogP contribution in [0.2, 0.25) is 0 Å². The highest BCUT2D eigenvalue weighted by atomic mass is 16.5. The second-order valence-electron chi connectivity index (χ2n) is 6.94. The number of aromatic nitrogens is 1. The van der Waals surface area contributed by atoms with Gasteiger partial charge in [0.05, 0.1) is 7.11 Å². The van der Waals surface area contributed by atoms with Crippen molar-refractivity contribution in [1.82, 2.24) is 4.98 Å². The van der Waals surface area contributed by atoms with Crippen molar-refractivity contribution in [3.05, 3.63) is 23.0 Å². The number of hydrogen-bond acceptors (Lipinski definition) is 3. The van der Waals surface area contributed by atoms with Crippen molar-refractivity contribution in [1.29, 1.82) is 0 Å². The van der Waals surface area contributed by atoms with E-state index in [1.54, 1.807) is 7.11 Å². The molecule has 1 fully saturated rings. The second kappa shape index (κ2) is 5.72. The van der Waals surface area contributed by atoms with Crippen LogP contribution in [0, 0.1) is 25.7 Å². The van der Waals surface area contributed by atoms with Gasteiger partial charge in [0.2, 0.25) is 0 Å². The highest BCUT2D eigenvalue weighted by Crippen LogP contribution is 2.37. The number of pyridine rings is 1. The Morgan fingerprint density at radius 3 is 2.45 bits per heavy atom. The topological polar surface area (TPSA) is 48.1 Å². The third kappa shape index (κ3) is 3.14. The van der Waals surface area contributed by atoms with Crippen molar-refractivity contribution in [3.8, 4) is 5.75 Å². The van der Waals surface area contributed by atoms with Crippen LogP contribution in [-0.2, 0) is 6.42 Å². The van der Waals surface area contributed by atoms with Crippen molar-refractivity contribution in [2.24, 2.45) is 17.6 Å². The van der Waals surface area contributed by atoms with Gasteiger partial charge in [-0.25, -0.2) is 0 Å². The van der Waals surface area contributed by atoms with Gasteiger partial charge in [0.25, 0.3) is 0 Å². The van der Waals surface area contributed by atoms with E-state index in [1.807, 2.05) is 13.1 Å². The predicted molar refractivity (Wildman–Crippen MR) is 83.1 cm³/mol. The molecule has 2 N–H and O–H groups in total. The SMILES string of the molecule is COc1c(C)cnc(CC2(N)CC(C)CC(C)C2)c1C. The summed E-state index contributed by atoms with van der Waals surface area (Å²) in [7, 11) is 1.72. The van der Waals surface area contributed by atoms with Gasteiger partial charge in [-0.15, -0.1) is 0 Å². The quantitative estimate of drug-likeness (QED) is 0.920. The first-order valence-corrected chi connectivity index (χ1v) is 7.62. The largest absolute Gasteiger partial charge is 0.496 e. The summed E-state index contributed by atoms with van der Waals surface area (Å²) in [6.45, 7) is 8.75. The fourth-order valence-electron chi connectivity index (χ4n) is 4.05. The van der Waals surface area contributed by atoms with Gasteiger partial charge >= 0.3 is 0 Å². The molecule has 1 aromatic rings. The van der Waals surface area contributed by atoms with E-state index in [0.29, 0.717) is 11.8 Å². The van der Waals surface area contributed by atoms with Crippen LogP contribution >= 0.6 is 0 Å². The fourth-order valence-corrected chi connectivity index (χ4v) is 4.05. The molecule has 0 amide bonds. The molecule has 3 nitrogen and oxygen atoms in total. The molecule has 112 valence electrons. The molecule has 2 unspecified atom stereocenters. The minimum absolute atomic E-state index is 0.116. The second-order valence-corrected chi connectivity index (χ2v) is 6.94. The maximum absolute atomic E-state index is 6.69. The van der Waals surface area contributed by atoms with Gasteiger partial charge in [0.15, 0.2) is 0 Å². The number of ether oxygens (including phenoxy) is 1. The van der Waals surface area contributed by atoms with Crippen molar-refractivity contribution >= 4 is 0 Å². The lowest BCUT2D eigenvalue weighted by Gasteiger charge is -2.40. The molecular formula is C17H28N2O. The molecule has 1 aliphatic carbocycles. The van der Waals surface area contributed by atoms with Crippen molar-refractivity contribution < 1.29 is 4.74 Å². The van der Waals surface area contributed by atoms with Crippen LogP contribution in [0.25, 0.3) is 0 Å². The number of nitrogens with zero attached hydrogens (tertiary/aromatic N) is 1. The van der Waals surface area contributed by atoms with Crippen LogP contribution in [0.5, 0.6) is 5.75 Å². The average Bonchev–Trinajstić information content (AvgIpc) is 2.31. The Labute approximate surface area is 122 Å². The number of aryl methyl sites for hydroxylation is 1. The average molecular weight is 276 g/mol. The minimum Gasteiger partial charge on any atom is -0.496 e. The van der Waals surface area contributed by atoms with Gasteiger partial charge in [0.1, 0.15) is 5.75 Å². The van der Waals surface area contributed by atoms with E-state index in [0.717, 1.165) is 41.8 Å². The van der Waals surface area contributed by atoms with Crippen molar-refractivity contribution in [2.75, 3.05) is 7.11 Å². The van der Waals surface area contributed by atoms with E-state index >= 15 is 0 Å². The molecule has 2 rings (SSSR count). The van der Waals surface area contributed by atoms with E-state index < -0.39 is 0 Å². The fraction of sp³-hybridized carbons (Fsp3) is 0.706. The minimum atomic E-state index is -0.116. The monoisotopic (exact) mass is 276 g/mol. The number of nitrogens with two attached hydrogens (primary N) is 1. The lowest BCUT2D eigenvalue weighted by atomic mass is 9.70. The maximum atomic E-state index is 6.69. The van der Waals surface area contributed by atoms with Crippen LogP contribution in [0.4, 0.5) is 0 Å². The molecule has 1 saturated carbocycles. The summed E-state index contributed by atoms with van der Waals surface area (Å²) in [5, 5.41) is 0. The molecule has 1 aliphatic rings. The summed E-state index contributed by atoms with van der Waals surface area (Å²) >= 11 is 0. The Morgan fingerprint density at radius 2 is 1.90 bits per heavy atom. The molecule has 3 heteroatoms. The third-order valence-corrected chi connectivity index (χ3v) is 4.58. The lowest BCUT2D eigenvalue weighted by Crippen LogP contribution is -2.48. The smallest absolute Gasteiger partial charge is 0.128 e. The van der Waals surface area contributed by atoms with Crippen molar-refractivity contribution in [3.63, 3.8) is 0 Å². The highest BCUT2D eigenvalue weighted by molar-refractivity contribution is 5.41. The van der Waals surface area contributed by atoms with Crippen LogP contribution in [0.15, 0.2) is 6.20 Å². The highest BCUT2D eigenvalue weighted by Gasteiger charge is 2.35. The first-order valence-electron chi connectivity index (χ1n) is 7.62. The summed E-state index contributed by atoms with van der Waals surface area (Å²) in [5.41, 5.74) is 9.90. The Hall–Kier alpha value is -1.09. The van der Waals surface area contributed by atoms with Crippen LogP contribution in [0.1, 0.15) is 49.9 Å². The zero-order valence-corrected chi connectivity index (χ0v) is 13.5. The number of hydrogen-bond donors (Lipinski definition) is 1. The Bertz CT molecular complexity index is 474. The first-order chi connectivity index (χ1) is 9.34. The number of methoxy groups -OCH3 is 1. The standard InChI is InChI=1S/C17H28N2O/c1-11-6-12(2)8-17(18,7-11)9-15-14(4)16(20-5)13(3)10-19-15/h10-12H,6-9,18H2,1-5H3. The molecule has 0 bridgehead atoms. The van der Waals surface area contributed by atoms with Crippen LogP contribution in [0.3, 0.4) is 0 Å². The molecule has 2 atom stereocenters. The third-order valence-electron chi connectivity index (χ3n) is 4.58. The molecule has 1 heterocycles. The molecular weight excluding hydrogens is 248 g/mol. The molecule has 0 aromatic carbocycles. The predicted octanol–water partition coefficient (Wildman–Crippen LogP) is 3.40. The lowest BCUT2D eigenvalue weighted by molar-refractivity contribution is 0.181. The molecule has 1 aromatic heterocycles. The summed E-state index contributed by atoms with van der Waals surface area (Å²) < 4.78 is 5.50. The summed E-state index contributed by atoms with van der Waals surface area (Å²) in [6.07, 6.45) is 6.23. The Morgan fingerprint density at radius 1 is 1.30 bits per heavy atom. The van der Waals surface area contributed by atoms with Gasteiger partial charge in [-0.1, -0.05) is 13.8 Å². The van der Waals surface area contributed by atoms with E-state index in [1.165, 1.54) is 6.42 Å². The van der Waals surface area contributed by atoms with Gasteiger partial charge in [-0.3, -0.25) is 4.98 Å². The molecule has 0 aliphatic heterocycles.